The highest BCUT2D eigenvalue weighted by Crippen LogP contribution is 2.44. The molecule has 5 heteroatoms. The van der Waals surface area contributed by atoms with Gasteiger partial charge in [0.15, 0.2) is 0 Å². The second kappa shape index (κ2) is 7.79. The molecule has 1 aromatic heterocycles. The minimum absolute atomic E-state index is 0. The van der Waals surface area contributed by atoms with Gasteiger partial charge in [0.25, 0.3) is 5.91 Å². The molecule has 0 spiro atoms. The van der Waals surface area contributed by atoms with E-state index in [0.717, 1.165) is 49.1 Å². The maximum Gasteiger partial charge on any atom is 0.250 e. The number of nitrogens with zero attached hydrogens (tertiary/aromatic N) is 1. The van der Waals surface area contributed by atoms with Crippen molar-refractivity contribution >= 4 is 23.9 Å². The number of primary amides is 1. The van der Waals surface area contributed by atoms with Gasteiger partial charge in [-0.05, 0) is 82.9 Å². The van der Waals surface area contributed by atoms with E-state index < -0.39 is 5.91 Å². The number of hydrogen-bond acceptors (Lipinski definition) is 3. The minimum Gasteiger partial charge on any atom is -0.370 e. The lowest BCUT2D eigenvalue weighted by Gasteiger charge is -2.45. The molecular formula is C23H35ClN2O2. The number of carbonyl (C=O) groups is 1. The fourth-order valence-corrected chi connectivity index (χ4v) is 4.74. The first-order chi connectivity index (χ1) is 12.4. The van der Waals surface area contributed by atoms with Crippen LogP contribution >= 0.6 is 12.4 Å². The summed E-state index contributed by atoms with van der Waals surface area (Å²) in [6.45, 7) is 13.1. The summed E-state index contributed by atoms with van der Waals surface area (Å²) in [6, 6.07) is 3.86. The third kappa shape index (κ3) is 5.15. The predicted molar refractivity (Wildman–Crippen MR) is 117 cm³/mol. The van der Waals surface area contributed by atoms with Gasteiger partial charge in [0.05, 0.1) is 22.5 Å². The molecule has 2 N–H and O–H groups in total. The van der Waals surface area contributed by atoms with Crippen molar-refractivity contribution in [1.82, 2.24) is 4.98 Å². The third-order valence-electron chi connectivity index (χ3n) is 5.91. The number of allylic oxidation sites excluding steroid dienone is 2. The normalized spacial score (nSPS) is 23.4. The number of pyridine rings is 1. The van der Waals surface area contributed by atoms with Crippen LogP contribution in [0.2, 0.25) is 0 Å². The average Bonchev–Trinajstić information content (AvgIpc) is 2.51. The highest BCUT2D eigenvalue weighted by molar-refractivity contribution is 5.97. The number of carbonyl (C=O) groups excluding carboxylic acids is 1. The first kappa shape index (κ1) is 22.9. The van der Waals surface area contributed by atoms with E-state index in [9.17, 15) is 4.79 Å². The zero-order valence-electron chi connectivity index (χ0n) is 18.1. The Balaban J connectivity index is 0.00000280. The smallest absolute Gasteiger partial charge is 0.250 e. The first-order valence-electron chi connectivity index (χ1n) is 10.1. The molecule has 1 aliphatic heterocycles. The summed E-state index contributed by atoms with van der Waals surface area (Å²) in [7, 11) is 0. The molecule has 1 amide bonds. The zero-order chi connectivity index (χ0) is 20.0. The van der Waals surface area contributed by atoms with E-state index in [1.165, 1.54) is 0 Å². The Kier molecular flexibility index (Phi) is 6.37. The van der Waals surface area contributed by atoms with Crippen LogP contribution in [0.25, 0.3) is 5.57 Å². The Bertz CT molecular complexity index is 765. The SMILES string of the molecule is CC1(C)CC=C(c2nc(C3CC(C)(C)OC(C)(C)C3)ccc2C(N)=O)CC1.Cl. The topological polar surface area (TPSA) is 65.2 Å². The lowest BCUT2D eigenvalue weighted by Crippen LogP contribution is -2.44. The van der Waals surface area contributed by atoms with E-state index in [1.807, 2.05) is 12.1 Å². The molecule has 2 aliphatic rings. The molecular weight excluding hydrogens is 372 g/mol. The van der Waals surface area contributed by atoms with Crippen molar-refractivity contribution in [3.63, 3.8) is 0 Å². The van der Waals surface area contributed by atoms with Gasteiger partial charge in [0, 0.05) is 11.6 Å². The van der Waals surface area contributed by atoms with Crippen molar-refractivity contribution in [2.75, 3.05) is 0 Å². The Morgan fingerprint density at radius 2 is 1.71 bits per heavy atom. The molecule has 0 unspecified atom stereocenters. The fraction of sp³-hybridized carbons (Fsp3) is 0.652. The van der Waals surface area contributed by atoms with Crippen molar-refractivity contribution in [3.8, 4) is 0 Å². The van der Waals surface area contributed by atoms with Crippen LogP contribution in [-0.2, 0) is 4.74 Å². The van der Waals surface area contributed by atoms with Gasteiger partial charge < -0.3 is 10.5 Å². The molecule has 28 heavy (non-hydrogen) atoms. The first-order valence-corrected chi connectivity index (χ1v) is 10.1. The second-order valence-corrected chi connectivity index (χ2v) is 10.3. The molecule has 2 heterocycles. The summed E-state index contributed by atoms with van der Waals surface area (Å²) in [5.74, 6) is -0.0903. The summed E-state index contributed by atoms with van der Waals surface area (Å²) in [5, 5.41) is 0. The number of halogens is 1. The third-order valence-corrected chi connectivity index (χ3v) is 5.91. The van der Waals surface area contributed by atoms with E-state index in [4.69, 9.17) is 15.5 Å². The number of ether oxygens (including phenoxy) is 1. The molecule has 0 aromatic carbocycles. The van der Waals surface area contributed by atoms with Crippen LogP contribution in [0.4, 0.5) is 0 Å². The summed E-state index contributed by atoms with van der Waals surface area (Å²) in [5.41, 5.74) is 9.13. The van der Waals surface area contributed by atoms with E-state index in [-0.39, 0.29) is 23.6 Å². The molecule has 0 atom stereocenters. The number of nitrogens with two attached hydrogens (primary N) is 1. The van der Waals surface area contributed by atoms with Gasteiger partial charge in [-0.15, -0.1) is 12.4 Å². The number of amides is 1. The number of aromatic nitrogens is 1. The summed E-state index contributed by atoms with van der Waals surface area (Å²) in [4.78, 5) is 17.0. The van der Waals surface area contributed by atoms with Crippen LogP contribution in [-0.4, -0.2) is 22.1 Å². The quantitative estimate of drug-likeness (QED) is 0.705. The number of rotatable bonds is 3. The maximum atomic E-state index is 12.0. The van der Waals surface area contributed by atoms with Crippen molar-refractivity contribution in [2.45, 2.75) is 90.8 Å². The molecule has 1 fully saturated rings. The van der Waals surface area contributed by atoms with Gasteiger partial charge >= 0.3 is 0 Å². The largest absolute Gasteiger partial charge is 0.370 e. The highest BCUT2D eigenvalue weighted by atomic mass is 35.5. The van der Waals surface area contributed by atoms with Gasteiger partial charge in [-0.1, -0.05) is 19.9 Å². The van der Waals surface area contributed by atoms with Gasteiger partial charge in [-0.25, -0.2) is 0 Å². The summed E-state index contributed by atoms with van der Waals surface area (Å²) < 4.78 is 6.23. The molecule has 0 saturated carbocycles. The summed E-state index contributed by atoms with van der Waals surface area (Å²) >= 11 is 0. The predicted octanol–water partition coefficient (Wildman–Crippen LogP) is 5.65. The van der Waals surface area contributed by atoms with Gasteiger partial charge in [0.2, 0.25) is 0 Å². The van der Waals surface area contributed by atoms with E-state index in [0.29, 0.717) is 16.9 Å². The van der Waals surface area contributed by atoms with E-state index in [2.05, 4.69) is 47.6 Å². The van der Waals surface area contributed by atoms with Crippen molar-refractivity contribution in [3.05, 3.63) is 35.2 Å². The van der Waals surface area contributed by atoms with Gasteiger partial charge in [-0.2, -0.15) is 0 Å². The molecule has 4 nitrogen and oxygen atoms in total. The van der Waals surface area contributed by atoms with Crippen LogP contribution in [0.3, 0.4) is 0 Å². The fourth-order valence-electron chi connectivity index (χ4n) is 4.74. The molecule has 0 radical (unpaired) electrons. The lowest BCUT2D eigenvalue weighted by molar-refractivity contribution is -0.162. The van der Waals surface area contributed by atoms with Gasteiger partial charge in [-0.3, -0.25) is 9.78 Å². The zero-order valence-corrected chi connectivity index (χ0v) is 18.9. The Labute approximate surface area is 175 Å². The molecule has 1 saturated heterocycles. The van der Waals surface area contributed by atoms with Crippen molar-refractivity contribution in [2.24, 2.45) is 11.1 Å². The minimum atomic E-state index is -0.401. The molecule has 3 rings (SSSR count). The summed E-state index contributed by atoms with van der Waals surface area (Å²) in [6.07, 6.45) is 7.13. The Morgan fingerprint density at radius 3 is 2.21 bits per heavy atom. The molecule has 1 aliphatic carbocycles. The van der Waals surface area contributed by atoms with E-state index >= 15 is 0 Å². The lowest BCUT2D eigenvalue weighted by atomic mass is 9.76. The standard InChI is InChI=1S/C23H34N2O2.ClH/c1-21(2)11-9-15(10-12-21)19-17(20(24)26)7-8-18(25-19)16-13-22(3,4)27-23(5,6)14-16;/h7-9,16H,10-14H2,1-6H3,(H2,24,26);1H. The second-order valence-electron chi connectivity index (χ2n) is 10.3. The van der Waals surface area contributed by atoms with Crippen LogP contribution in [0, 0.1) is 5.41 Å². The highest BCUT2D eigenvalue weighted by Gasteiger charge is 2.40. The average molecular weight is 407 g/mol. The van der Waals surface area contributed by atoms with Crippen molar-refractivity contribution < 1.29 is 9.53 Å². The maximum absolute atomic E-state index is 12.0. The van der Waals surface area contributed by atoms with Gasteiger partial charge in [0.1, 0.15) is 0 Å². The van der Waals surface area contributed by atoms with Crippen LogP contribution < -0.4 is 5.73 Å². The Hall–Kier alpha value is -1.39. The number of hydrogen-bond donors (Lipinski definition) is 1. The van der Waals surface area contributed by atoms with E-state index in [1.54, 1.807) is 0 Å². The molecule has 1 aromatic rings. The van der Waals surface area contributed by atoms with Crippen LogP contribution in [0.1, 0.15) is 101 Å². The molecule has 156 valence electrons. The Morgan fingerprint density at radius 1 is 1.11 bits per heavy atom. The van der Waals surface area contributed by atoms with Crippen molar-refractivity contribution in [1.29, 1.82) is 0 Å². The molecule has 0 bridgehead atoms. The van der Waals surface area contributed by atoms with Crippen LogP contribution in [0.5, 0.6) is 0 Å². The van der Waals surface area contributed by atoms with Crippen LogP contribution in [0.15, 0.2) is 18.2 Å². The monoisotopic (exact) mass is 406 g/mol.